The Hall–Kier alpha value is -3.23. The lowest BCUT2D eigenvalue weighted by molar-refractivity contribution is 0.313. The maximum atomic E-state index is 13.3. The van der Waals surface area contributed by atoms with E-state index >= 15 is 0 Å². The van der Waals surface area contributed by atoms with E-state index in [0.29, 0.717) is 17.2 Å². The van der Waals surface area contributed by atoms with Crippen LogP contribution in [-0.2, 0) is 0 Å². The summed E-state index contributed by atoms with van der Waals surface area (Å²) in [5.41, 5.74) is 3.35. The van der Waals surface area contributed by atoms with Crippen LogP contribution in [0.25, 0.3) is 16.7 Å². The van der Waals surface area contributed by atoms with E-state index in [2.05, 4.69) is 49.4 Å². The minimum atomic E-state index is -0.392. The van der Waals surface area contributed by atoms with Crippen LogP contribution in [0.3, 0.4) is 0 Å². The van der Waals surface area contributed by atoms with Gasteiger partial charge in [0.15, 0.2) is 5.65 Å². The van der Waals surface area contributed by atoms with E-state index in [-0.39, 0.29) is 5.02 Å². The van der Waals surface area contributed by atoms with Crippen LogP contribution in [0, 0.1) is 5.82 Å². The minimum absolute atomic E-state index is 0.277. The summed E-state index contributed by atoms with van der Waals surface area (Å²) >= 11 is 6.15. The van der Waals surface area contributed by atoms with Crippen molar-refractivity contribution in [3.63, 3.8) is 0 Å². The zero-order valence-electron chi connectivity index (χ0n) is 17.0. The Kier molecular flexibility index (Phi) is 5.17. The fraction of sp³-hybridized carbons (Fsp3) is 0.227. The molecule has 7 nitrogen and oxygen atoms in total. The Balaban J connectivity index is 1.43. The number of hydrogen-bond donors (Lipinski definition) is 1. The average molecular weight is 438 g/mol. The second-order valence-electron chi connectivity index (χ2n) is 7.57. The summed E-state index contributed by atoms with van der Waals surface area (Å²) in [6, 6.07) is 12.5. The van der Waals surface area contributed by atoms with Gasteiger partial charge in [0.1, 0.15) is 18.0 Å². The van der Waals surface area contributed by atoms with Gasteiger partial charge in [-0.3, -0.25) is 0 Å². The zero-order valence-corrected chi connectivity index (χ0v) is 17.7. The number of benzene rings is 2. The smallest absolute Gasteiger partial charge is 0.168 e. The lowest BCUT2D eigenvalue weighted by atomic mass is 10.2. The summed E-state index contributed by atoms with van der Waals surface area (Å²) in [5, 5.41) is 8.68. The molecule has 1 aliphatic rings. The first-order valence-corrected chi connectivity index (χ1v) is 10.4. The molecule has 0 atom stereocenters. The highest BCUT2D eigenvalue weighted by Gasteiger charge is 2.16. The van der Waals surface area contributed by atoms with Gasteiger partial charge in [0.2, 0.25) is 0 Å². The van der Waals surface area contributed by atoms with Crippen LogP contribution < -0.4 is 10.2 Å². The molecule has 0 amide bonds. The summed E-state index contributed by atoms with van der Waals surface area (Å²) in [4.78, 5) is 13.5. The molecular formula is C22H21ClFN7. The molecule has 1 fully saturated rings. The monoisotopic (exact) mass is 437 g/mol. The molecule has 0 bridgehead atoms. The van der Waals surface area contributed by atoms with Crippen molar-refractivity contribution in [1.29, 1.82) is 0 Å². The Morgan fingerprint density at radius 1 is 0.968 bits per heavy atom. The number of anilines is 3. The van der Waals surface area contributed by atoms with E-state index in [1.54, 1.807) is 16.9 Å². The molecule has 1 N–H and O–H groups in total. The van der Waals surface area contributed by atoms with E-state index in [0.717, 1.165) is 37.3 Å². The Labute approximate surface area is 184 Å². The molecule has 4 aromatic rings. The first-order valence-electron chi connectivity index (χ1n) is 10.0. The quantitative estimate of drug-likeness (QED) is 0.518. The molecule has 2 aromatic heterocycles. The topological polar surface area (TPSA) is 62.1 Å². The van der Waals surface area contributed by atoms with Crippen molar-refractivity contribution < 1.29 is 4.39 Å². The molecule has 1 aliphatic heterocycles. The number of nitrogens with zero attached hydrogens (tertiary/aromatic N) is 6. The van der Waals surface area contributed by atoms with Gasteiger partial charge in [-0.15, -0.1) is 0 Å². The van der Waals surface area contributed by atoms with Crippen LogP contribution in [0.15, 0.2) is 55.0 Å². The Bertz CT molecular complexity index is 1220. The number of halogens is 2. The zero-order chi connectivity index (χ0) is 21.4. The molecule has 0 radical (unpaired) electrons. The lowest BCUT2D eigenvalue weighted by Crippen LogP contribution is -2.44. The molecular weight excluding hydrogens is 417 g/mol. The highest BCUT2D eigenvalue weighted by molar-refractivity contribution is 6.33. The van der Waals surface area contributed by atoms with Crippen molar-refractivity contribution in [3.8, 4) is 5.69 Å². The number of aromatic nitrogens is 4. The van der Waals surface area contributed by atoms with Crippen LogP contribution in [0.4, 0.5) is 21.6 Å². The molecule has 0 spiro atoms. The van der Waals surface area contributed by atoms with Crippen molar-refractivity contribution >= 4 is 39.8 Å². The second-order valence-corrected chi connectivity index (χ2v) is 7.98. The van der Waals surface area contributed by atoms with Crippen LogP contribution in [0.2, 0.25) is 5.02 Å². The normalized spacial score (nSPS) is 14.9. The molecule has 1 saturated heterocycles. The third-order valence-corrected chi connectivity index (χ3v) is 5.83. The predicted molar refractivity (Wildman–Crippen MR) is 121 cm³/mol. The first-order chi connectivity index (χ1) is 15.1. The van der Waals surface area contributed by atoms with Gasteiger partial charge in [0.05, 0.1) is 28.0 Å². The summed E-state index contributed by atoms with van der Waals surface area (Å²) in [7, 11) is 2.15. The molecule has 0 aliphatic carbocycles. The van der Waals surface area contributed by atoms with E-state index in [4.69, 9.17) is 11.6 Å². The molecule has 158 valence electrons. The average Bonchev–Trinajstić information content (AvgIpc) is 3.21. The van der Waals surface area contributed by atoms with Gasteiger partial charge in [-0.25, -0.2) is 19.0 Å². The van der Waals surface area contributed by atoms with Gasteiger partial charge in [0.25, 0.3) is 0 Å². The van der Waals surface area contributed by atoms with E-state index < -0.39 is 5.82 Å². The maximum Gasteiger partial charge on any atom is 0.168 e. The summed E-state index contributed by atoms with van der Waals surface area (Å²) in [6.45, 7) is 4.18. The van der Waals surface area contributed by atoms with Gasteiger partial charge in [-0.2, -0.15) is 5.10 Å². The van der Waals surface area contributed by atoms with E-state index in [1.807, 2.05) is 12.1 Å². The highest BCUT2D eigenvalue weighted by atomic mass is 35.5. The summed E-state index contributed by atoms with van der Waals surface area (Å²) in [5.74, 6) is 0.162. The van der Waals surface area contributed by atoms with Gasteiger partial charge in [0, 0.05) is 31.9 Å². The van der Waals surface area contributed by atoms with Crippen LogP contribution in [-0.4, -0.2) is 57.9 Å². The maximum absolute atomic E-state index is 13.3. The Morgan fingerprint density at radius 2 is 1.71 bits per heavy atom. The van der Waals surface area contributed by atoms with E-state index in [9.17, 15) is 4.39 Å². The van der Waals surface area contributed by atoms with Gasteiger partial charge in [-0.05, 0) is 49.5 Å². The van der Waals surface area contributed by atoms with E-state index in [1.165, 1.54) is 24.1 Å². The molecule has 5 rings (SSSR count). The fourth-order valence-corrected chi connectivity index (χ4v) is 3.93. The molecule has 0 unspecified atom stereocenters. The number of likely N-dealkylation sites (N-methyl/N-ethyl adjacent to an activating group) is 1. The van der Waals surface area contributed by atoms with Crippen LogP contribution in [0.1, 0.15) is 0 Å². The van der Waals surface area contributed by atoms with Gasteiger partial charge >= 0.3 is 0 Å². The largest absolute Gasteiger partial charge is 0.369 e. The minimum Gasteiger partial charge on any atom is -0.369 e. The van der Waals surface area contributed by atoms with Crippen LogP contribution in [0.5, 0.6) is 0 Å². The Morgan fingerprint density at radius 3 is 2.45 bits per heavy atom. The highest BCUT2D eigenvalue weighted by Crippen LogP contribution is 2.29. The first kappa shape index (κ1) is 19.7. The van der Waals surface area contributed by atoms with Crippen molar-refractivity contribution in [2.75, 3.05) is 43.4 Å². The fourth-order valence-electron chi connectivity index (χ4n) is 3.72. The number of rotatable bonds is 4. The van der Waals surface area contributed by atoms with Crippen molar-refractivity contribution in [2.24, 2.45) is 0 Å². The second kappa shape index (κ2) is 8.13. The molecule has 31 heavy (non-hydrogen) atoms. The molecule has 2 aromatic carbocycles. The number of hydrogen-bond acceptors (Lipinski definition) is 6. The standard InChI is InChI=1S/C22H21ClFN7/c1-29-8-10-30(11-9-29)16-3-5-17(6-4-16)31-22-18(13-27-31)21(25-14-26-22)28-20-7-2-15(24)12-19(20)23/h2-7,12-14H,8-11H2,1H3,(H,25,26,28). The third-order valence-electron chi connectivity index (χ3n) is 5.51. The predicted octanol–water partition coefficient (Wildman–Crippen LogP) is 4.10. The number of piperazine rings is 1. The van der Waals surface area contributed by atoms with Crippen molar-refractivity contribution in [1.82, 2.24) is 24.6 Å². The summed E-state index contributed by atoms with van der Waals surface area (Å²) < 4.78 is 15.1. The van der Waals surface area contributed by atoms with Gasteiger partial charge < -0.3 is 15.1 Å². The van der Waals surface area contributed by atoms with Crippen molar-refractivity contribution in [2.45, 2.75) is 0 Å². The number of fused-ring (bicyclic) bond motifs is 1. The summed E-state index contributed by atoms with van der Waals surface area (Å²) in [6.07, 6.45) is 3.18. The molecule has 9 heteroatoms. The van der Waals surface area contributed by atoms with Crippen LogP contribution >= 0.6 is 11.6 Å². The SMILES string of the molecule is CN1CCN(c2ccc(-n3ncc4c(Nc5ccc(F)cc5Cl)ncnc43)cc2)CC1. The molecule has 3 heterocycles. The van der Waals surface area contributed by atoms with Crippen molar-refractivity contribution in [3.05, 3.63) is 65.8 Å². The lowest BCUT2D eigenvalue weighted by Gasteiger charge is -2.34. The van der Waals surface area contributed by atoms with Gasteiger partial charge in [-0.1, -0.05) is 11.6 Å². The third kappa shape index (κ3) is 3.92. The number of nitrogens with one attached hydrogen (secondary N) is 1. The molecule has 0 saturated carbocycles.